The van der Waals surface area contributed by atoms with Gasteiger partial charge in [-0.25, -0.2) is 0 Å². The number of hydrogen-bond acceptors (Lipinski definition) is 2. The lowest BCUT2D eigenvalue weighted by Gasteiger charge is -2.08. The van der Waals surface area contributed by atoms with E-state index in [-0.39, 0.29) is 12.4 Å². The molecule has 1 saturated carbocycles. The zero-order valence-corrected chi connectivity index (χ0v) is 7.83. The van der Waals surface area contributed by atoms with Crippen LogP contribution >= 0.6 is 12.4 Å². The van der Waals surface area contributed by atoms with Gasteiger partial charge in [-0.2, -0.15) is 5.10 Å². The van der Waals surface area contributed by atoms with Crippen molar-refractivity contribution in [2.24, 2.45) is 5.41 Å². The molecule has 1 aromatic heterocycles. The van der Waals surface area contributed by atoms with Crippen LogP contribution in [-0.4, -0.2) is 20.9 Å². The molecular weight excluding hydrogens is 192 g/mol. The van der Waals surface area contributed by atoms with Gasteiger partial charge in [0.25, 0.3) is 0 Å². The molecule has 0 atom stereocenters. The molecule has 4 nitrogen and oxygen atoms in total. The number of carbonyl (C=O) groups is 1. The molecule has 1 N–H and O–H groups in total. The molecular formula is C8H11ClN2O2. The van der Waals surface area contributed by atoms with Crippen LogP contribution in [0.2, 0.25) is 0 Å². The number of carboxylic acids is 1. The Balaban J connectivity index is 0.000000845. The quantitative estimate of drug-likeness (QED) is 0.801. The van der Waals surface area contributed by atoms with E-state index in [1.54, 1.807) is 23.1 Å². The molecule has 0 spiro atoms. The molecule has 5 heteroatoms. The van der Waals surface area contributed by atoms with E-state index < -0.39 is 11.4 Å². The van der Waals surface area contributed by atoms with E-state index in [9.17, 15) is 4.79 Å². The molecule has 2 rings (SSSR count). The second-order valence-corrected chi connectivity index (χ2v) is 3.29. The van der Waals surface area contributed by atoms with Crippen molar-refractivity contribution in [2.75, 3.05) is 0 Å². The highest BCUT2D eigenvalue weighted by atomic mass is 35.5. The van der Waals surface area contributed by atoms with Crippen molar-refractivity contribution in [3.63, 3.8) is 0 Å². The van der Waals surface area contributed by atoms with Crippen molar-refractivity contribution in [2.45, 2.75) is 19.4 Å². The normalized spacial score (nSPS) is 17.5. The molecule has 0 radical (unpaired) electrons. The Labute approximate surface area is 82.0 Å². The molecule has 0 amide bonds. The van der Waals surface area contributed by atoms with E-state index in [0.717, 1.165) is 12.8 Å². The molecule has 0 unspecified atom stereocenters. The van der Waals surface area contributed by atoms with E-state index in [4.69, 9.17) is 5.11 Å². The van der Waals surface area contributed by atoms with Gasteiger partial charge in [-0.05, 0) is 18.9 Å². The first-order valence-corrected chi connectivity index (χ1v) is 3.94. The van der Waals surface area contributed by atoms with E-state index in [1.807, 2.05) is 0 Å². The van der Waals surface area contributed by atoms with Gasteiger partial charge in [-0.15, -0.1) is 12.4 Å². The third kappa shape index (κ3) is 1.83. The predicted octanol–water partition coefficient (Wildman–Crippen LogP) is 1.17. The van der Waals surface area contributed by atoms with Crippen LogP contribution in [0.25, 0.3) is 0 Å². The number of aromatic nitrogens is 2. The summed E-state index contributed by atoms with van der Waals surface area (Å²) in [5.41, 5.74) is -0.508. The Kier molecular flexibility index (Phi) is 2.61. The first kappa shape index (κ1) is 10.1. The Morgan fingerprint density at radius 2 is 2.31 bits per heavy atom. The SMILES string of the molecule is Cl.O=C(O)C1(Cn2cccn2)CC1. The number of nitrogens with zero attached hydrogens (tertiary/aromatic N) is 2. The first-order valence-electron chi connectivity index (χ1n) is 3.94. The molecule has 13 heavy (non-hydrogen) atoms. The maximum Gasteiger partial charge on any atom is 0.311 e. The number of halogens is 1. The van der Waals surface area contributed by atoms with Crippen molar-refractivity contribution in [1.29, 1.82) is 0 Å². The first-order chi connectivity index (χ1) is 5.73. The Morgan fingerprint density at radius 3 is 2.69 bits per heavy atom. The Bertz CT molecular complexity index is 293. The van der Waals surface area contributed by atoms with Crippen LogP contribution in [0.1, 0.15) is 12.8 Å². The third-order valence-electron chi connectivity index (χ3n) is 2.33. The highest BCUT2D eigenvalue weighted by Gasteiger charge is 2.50. The summed E-state index contributed by atoms with van der Waals surface area (Å²) in [5, 5.41) is 12.8. The van der Waals surface area contributed by atoms with Crippen LogP contribution in [-0.2, 0) is 11.3 Å². The van der Waals surface area contributed by atoms with E-state index in [2.05, 4.69) is 5.10 Å². The average Bonchev–Trinajstić information content (AvgIpc) is 2.60. The average molecular weight is 203 g/mol. The molecule has 0 aliphatic heterocycles. The van der Waals surface area contributed by atoms with Gasteiger partial charge in [0, 0.05) is 12.4 Å². The molecule has 1 aliphatic carbocycles. The molecule has 1 heterocycles. The molecule has 1 fully saturated rings. The summed E-state index contributed by atoms with van der Waals surface area (Å²) >= 11 is 0. The van der Waals surface area contributed by atoms with Crippen molar-refractivity contribution in [1.82, 2.24) is 9.78 Å². The van der Waals surface area contributed by atoms with Crippen LogP contribution < -0.4 is 0 Å². The largest absolute Gasteiger partial charge is 0.481 e. The molecule has 0 aromatic carbocycles. The summed E-state index contributed by atoms with van der Waals surface area (Å²) in [6.45, 7) is 0.509. The monoisotopic (exact) mass is 202 g/mol. The minimum absolute atomic E-state index is 0. The van der Waals surface area contributed by atoms with Gasteiger partial charge in [0.15, 0.2) is 0 Å². The number of rotatable bonds is 3. The van der Waals surface area contributed by atoms with Crippen LogP contribution in [0.4, 0.5) is 0 Å². The number of carboxylic acid groups (broad SMARTS) is 1. The van der Waals surface area contributed by atoms with E-state index >= 15 is 0 Å². The Morgan fingerprint density at radius 1 is 1.62 bits per heavy atom. The lowest BCUT2D eigenvalue weighted by Crippen LogP contribution is -2.21. The van der Waals surface area contributed by atoms with Gasteiger partial charge >= 0.3 is 5.97 Å². The summed E-state index contributed by atoms with van der Waals surface area (Å²) in [5.74, 6) is -0.696. The summed E-state index contributed by atoms with van der Waals surface area (Å²) < 4.78 is 1.68. The maximum absolute atomic E-state index is 10.8. The highest BCUT2D eigenvalue weighted by molar-refractivity contribution is 5.85. The van der Waals surface area contributed by atoms with Gasteiger partial charge in [0.05, 0.1) is 12.0 Å². The molecule has 1 aliphatic rings. The van der Waals surface area contributed by atoms with Crippen LogP contribution in [0.3, 0.4) is 0 Å². The van der Waals surface area contributed by atoms with Crippen molar-refractivity contribution in [3.8, 4) is 0 Å². The van der Waals surface area contributed by atoms with E-state index in [0.29, 0.717) is 6.54 Å². The lowest BCUT2D eigenvalue weighted by atomic mass is 10.1. The minimum Gasteiger partial charge on any atom is -0.481 e. The summed E-state index contributed by atoms with van der Waals surface area (Å²) in [6.07, 6.45) is 5.02. The topological polar surface area (TPSA) is 55.1 Å². The highest BCUT2D eigenvalue weighted by Crippen LogP contribution is 2.47. The summed E-state index contributed by atoms with van der Waals surface area (Å²) in [7, 11) is 0. The summed E-state index contributed by atoms with van der Waals surface area (Å²) in [6, 6.07) is 1.80. The fraction of sp³-hybridized carbons (Fsp3) is 0.500. The molecule has 72 valence electrons. The zero-order chi connectivity index (χ0) is 8.60. The van der Waals surface area contributed by atoms with Crippen molar-refractivity contribution >= 4 is 18.4 Å². The van der Waals surface area contributed by atoms with Gasteiger partial charge in [0.1, 0.15) is 0 Å². The third-order valence-corrected chi connectivity index (χ3v) is 2.33. The van der Waals surface area contributed by atoms with Crippen molar-refractivity contribution in [3.05, 3.63) is 18.5 Å². The maximum atomic E-state index is 10.8. The van der Waals surface area contributed by atoms with Gasteiger partial charge in [-0.1, -0.05) is 0 Å². The number of hydrogen-bond donors (Lipinski definition) is 1. The molecule has 1 aromatic rings. The lowest BCUT2D eigenvalue weighted by molar-refractivity contribution is -0.144. The van der Waals surface area contributed by atoms with Gasteiger partial charge in [0.2, 0.25) is 0 Å². The molecule has 0 bridgehead atoms. The van der Waals surface area contributed by atoms with Crippen molar-refractivity contribution < 1.29 is 9.90 Å². The van der Waals surface area contributed by atoms with Crippen LogP contribution in [0, 0.1) is 5.41 Å². The van der Waals surface area contributed by atoms with E-state index in [1.165, 1.54) is 0 Å². The molecule has 0 saturated heterocycles. The van der Waals surface area contributed by atoms with Crippen LogP contribution in [0.5, 0.6) is 0 Å². The zero-order valence-electron chi connectivity index (χ0n) is 7.01. The smallest absolute Gasteiger partial charge is 0.311 e. The standard InChI is InChI=1S/C8H10N2O2.ClH/c11-7(12)8(2-3-8)6-10-5-1-4-9-10;/h1,4-5H,2-3,6H2,(H,11,12);1H. The second kappa shape index (κ2) is 3.38. The van der Waals surface area contributed by atoms with Gasteiger partial charge in [-0.3, -0.25) is 9.48 Å². The van der Waals surface area contributed by atoms with Crippen LogP contribution in [0.15, 0.2) is 18.5 Å². The predicted molar refractivity (Wildman–Crippen MR) is 48.8 cm³/mol. The number of aliphatic carboxylic acids is 1. The summed E-state index contributed by atoms with van der Waals surface area (Å²) in [4.78, 5) is 10.8. The minimum atomic E-state index is -0.696. The second-order valence-electron chi connectivity index (χ2n) is 3.29. The fourth-order valence-corrected chi connectivity index (χ4v) is 1.29. The fourth-order valence-electron chi connectivity index (χ4n) is 1.29. The van der Waals surface area contributed by atoms with Gasteiger partial charge < -0.3 is 5.11 Å². The Hall–Kier alpha value is -1.03.